The van der Waals surface area contributed by atoms with Crippen LogP contribution in [-0.4, -0.2) is 36.3 Å². The van der Waals surface area contributed by atoms with Gasteiger partial charge < -0.3 is 10.2 Å². The van der Waals surface area contributed by atoms with Crippen molar-refractivity contribution in [1.29, 1.82) is 0 Å². The largest absolute Gasteiger partial charge is 0.354 e. The van der Waals surface area contributed by atoms with Crippen LogP contribution in [-0.2, 0) is 9.59 Å². The van der Waals surface area contributed by atoms with E-state index in [4.69, 9.17) is 0 Å². The van der Waals surface area contributed by atoms with Crippen molar-refractivity contribution in [2.75, 3.05) is 19.6 Å². The van der Waals surface area contributed by atoms with E-state index < -0.39 is 0 Å². The molecule has 4 nitrogen and oxygen atoms in total. The molecule has 0 aromatic heterocycles. The standard InChI is InChI=1S/C16H26N2O2/c19-15-7-9-18(10-8-17-15)16(20)14-6-5-12-3-1-2-4-13(12)11-14/h12-14H,1-11H2,(H,17,19). The molecule has 3 fully saturated rings. The fraction of sp³-hybridized carbons (Fsp3) is 0.875. The second kappa shape index (κ2) is 6.15. The molecule has 0 aromatic carbocycles. The second-order valence-electron chi connectivity index (χ2n) is 6.74. The quantitative estimate of drug-likeness (QED) is 0.797. The van der Waals surface area contributed by atoms with E-state index in [1.807, 2.05) is 4.90 Å². The SMILES string of the molecule is O=C1CCN(C(=O)C2CCC3CCCCC3C2)CCN1. The molecule has 2 aliphatic carbocycles. The van der Waals surface area contributed by atoms with Crippen molar-refractivity contribution < 1.29 is 9.59 Å². The first-order chi connectivity index (χ1) is 9.74. The minimum atomic E-state index is 0.0799. The molecule has 3 rings (SSSR count). The number of amides is 2. The van der Waals surface area contributed by atoms with E-state index >= 15 is 0 Å². The second-order valence-corrected chi connectivity index (χ2v) is 6.74. The molecule has 1 aliphatic heterocycles. The first-order valence-electron chi connectivity index (χ1n) is 8.29. The van der Waals surface area contributed by atoms with Gasteiger partial charge in [-0.05, 0) is 31.1 Å². The van der Waals surface area contributed by atoms with Crippen molar-refractivity contribution in [2.24, 2.45) is 17.8 Å². The average molecular weight is 278 g/mol. The number of carbonyl (C=O) groups is 2. The van der Waals surface area contributed by atoms with E-state index in [0.29, 0.717) is 32.0 Å². The van der Waals surface area contributed by atoms with Gasteiger partial charge in [0.2, 0.25) is 11.8 Å². The molecule has 4 heteroatoms. The maximum absolute atomic E-state index is 12.7. The normalized spacial score (nSPS) is 34.9. The van der Waals surface area contributed by atoms with Crippen molar-refractivity contribution in [3.63, 3.8) is 0 Å². The molecule has 0 aromatic rings. The van der Waals surface area contributed by atoms with Crippen molar-refractivity contribution in [3.05, 3.63) is 0 Å². The van der Waals surface area contributed by atoms with E-state index in [9.17, 15) is 9.59 Å². The number of nitrogens with zero attached hydrogens (tertiary/aromatic N) is 1. The van der Waals surface area contributed by atoms with Gasteiger partial charge in [-0.3, -0.25) is 9.59 Å². The Labute approximate surface area is 121 Å². The lowest BCUT2D eigenvalue weighted by atomic mass is 9.67. The van der Waals surface area contributed by atoms with E-state index in [1.54, 1.807) is 0 Å². The zero-order valence-electron chi connectivity index (χ0n) is 12.3. The highest BCUT2D eigenvalue weighted by Crippen LogP contribution is 2.43. The molecule has 1 N–H and O–H groups in total. The molecular formula is C16H26N2O2. The molecule has 2 amide bonds. The minimum absolute atomic E-state index is 0.0799. The number of hydrogen-bond donors (Lipinski definition) is 1. The highest BCUT2D eigenvalue weighted by atomic mass is 16.2. The minimum Gasteiger partial charge on any atom is -0.354 e. The number of carbonyl (C=O) groups excluding carboxylic acids is 2. The van der Waals surface area contributed by atoms with Crippen LogP contribution in [0.5, 0.6) is 0 Å². The average Bonchev–Trinajstić information content (AvgIpc) is 2.71. The van der Waals surface area contributed by atoms with Crippen LogP contribution in [0.25, 0.3) is 0 Å². The predicted molar refractivity (Wildman–Crippen MR) is 77.0 cm³/mol. The van der Waals surface area contributed by atoms with Gasteiger partial charge >= 0.3 is 0 Å². The summed E-state index contributed by atoms with van der Waals surface area (Å²) < 4.78 is 0. The summed E-state index contributed by atoms with van der Waals surface area (Å²) in [5.74, 6) is 2.29. The van der Waals surface area contributed by atoms with Gasteiger partial charge in [0.1, 0.15) is 0 Å². The summed E-state index contributed by atoms with van der Waals surface area (Å²) in [6.07, 6.45) is 9.32. The Morgan fingerprint density at radius 3 is 2.70 bits per heavy atom. The van der Waals surface area contributed by atoms with Gasteiger partial charge in [-0.1, -0.05) is 25.7 Å². The molecule has 2 saturated carbocycles. The first kappa shape index (κ1) is 13.9. The third-order valence-electron chi connectivity index (χ3n) is 5.51. The summed E-state index contributed by atoms with van der Waals surface area (Å²) in [4.78, 5) is 26.0. The van der Waals surface area contributed by atoms with Gasteiger partial charge in [0.25, 0.3) is 0 Å². The summed E-state index contributed by atoms with van der Waals surface area (Å²) in [6.45, 7) is 1.91. The Morgan fingerprint density at radius 1 is 1.05 bits per heavy atom. The van der Waals surface area contributed by atoms with Crippen molar-refractivity contribution in [2.45, 2.75) is 51.4 Å². The highest BCUT2D eigenvalue weighted by Gasteiger charge is 2.36. The Morgan fingerprint density at radius 2 is 1.85 bits per heavy atom. The Hall–Kier alpha value is -1.06. The number of hydrogen-bond acceptors (Lipinski definition) is 2. The Bertz CT molecular complexity index is 383. The number of fused-ring (bicyclic) bond motifs is 1. The summed E-state index contributed by atoms with van der Waals surface area (Å²) >= 11 is 0. The molecule has 0 radical (unpaired) electrons. The van der Waals surface area contributed by atoms with E-state index in [2.05, 4.69) is 5.32 Å². The number of rotatable bonds is 1. The van der Waals surface area contributed by atoms with Gasteiger partial charge in [0, 0.05) is 32.0 Å². The van der Waals surface area contributed by atoms with Crippen LogP contribution < -0.4 is 5.32 Å². The first-order valence-corrected chi connectivity index (χ1v) is 8.29. The molecule has 112 valence electrons. The van der Waals surface area contributed by atoms with Crippen LogP contribution >= 0.6 is 0 Å². The lowest BCUT2D eigenvalue weighted by Gasteiger charge is -2.40. The van der Waals surface area contributed by atoms with Gasteiger partial charge in [0.15, 0.2) is 0 Å². The fourth-order valence-corrected chi connectivity index (χ4v) is 4.34. The molecule has 20 heavy (non-hydrogen) atoms. The molecule has 0 spiro atoms. The van der Waals surface area contributed by atoms with Gasteiger partial charge in [-0.2, -0.15) is 0 Å². The monoisotopic (exact) mass is 278 g/mol. The summed E-state index contributed by atoms with van der Waals surface area (Å²) in [7, 11) is 0. The van der Waals surface area contributed by atoms with Crippen LogP contribution in [0.15, 0.2) is 0 Å². The van der Waals surface area contributed by atoms with Crippen LogP contribution in [0.3, 0.4) is 0 Å². The topological polar surface area (TPSA) is 49.4 Å². The highest BCUT2D eigenvalue weighted by molar-refractivity contribution is 5.81. The van der Waals surface area contributed by atoms with Gasteiger partial charge in [-0.25, -0.2) is 0 Å². The zero-order chi connectivity index (χ0) is 13.9. The molecule has 3 aliphatic rings. The van der Waals surface area contributed by atoms with Gasteiger partial charge in [-0.15, -0.1) is 0 Å². The smallest absolute Gasteiger partial charge is 0.225 e. The molecule has 1 saturated heterocycles. The van der Waals surface area contributed by atoms with Gasteiger partial charge in [0.05, 0.1) is 0 Å². The summed E-state index contributed by atoms with van der Waals surface area (Å²) in [5.41, 5.74) is 0. The third kappa shape index (κ3) is 2.99. The molecular weight excluding hydrogens is 252 g/mol. The predicted octanol–water partition coefficient (Wildman–Crippen LogP) is 1.94. The van der Waals surface area contributed by atoms with Crippen molar-refractivity contribution >= 4 is 11.8 Å². The summed E-state index contributed by atoms with van der Waals surface area (Å²) in [6, 6.07) is 0. The zero-order valence-corrected chi connectivity index (χ0v) is 12.3. The Kier molecular flexibility index (Phi) is 4.27. The van der Waals surface area contributed by atoms with Crippen LogP contribution in [0.4, 0.5) is 0 Å². The maximum atomic E-state index is 12.7. The molecule has 0 bridgehead atoms. The lowest BCUT2D eigenvalue weighted by molar-refractivity contribution is -0.137. The van der Waals surface area contributed by atoms with Crippen molar-refractivity contribution in [1.82, 2.24) is 10.2 Å². The van der Waals surface area contributed by atoms with Crippen LogP contribution in [0.2, 0.25) is 0 Å². The molecule has 3 unspecified atom stereocenters. The molecule has 3 atom stereocenters. The Balaban J connectivity index is 1.58. The maximum Gasteiger partial charge on any atom is 0.225 e. The van der Waals surface area contributed by atoms with E-state index in [-0.39, 0.29) is 11.8 Å². The van der Waals surface area contributed by atoms with Crippen LogP contribution in [0, 0.1) is 17.8 Å². The van der Waals surface area contributed by atoms with E-state index in [0.717, 1.165) is 24.7 Å². The number of nitrogens with one attached hydrogen (secondary N) is 1. The van der Waals surface area contributed by atoms with E-state index in [1.165, 1.54) is 32.1 Å². The van der Waals surface area contributed by atoms with Crippen LogP contribution in [0.1, 0.15) is 51.4 Å². The van der Waals surface area contributed by atoms with Crippen molar-refractivity contribution in [3.8, 4) is 0 Å². The summed E-state index contributed by atoms with van der Waals surface area (Å²) in [5, 5.41) is 2.84. The third-order valence-corrected chi connectivity index (χ3v) is 5.51. The molecule has 1 heterocycles. The fourth-order valence-electron chi connectivity index (χ4n) is 4.34. The lowest BCUT2D eigenvalue weighted by Crippen LogP contribution is -2.41.